The van der Waals surface area contributed by atoms with Gasteiger partial charge in [-0.2, -0.15) is 0 Å². The van der Waals surface area contributed by atoms with Gasteiger partial charge in [-0.05, 0) is 24.6 Å². The highest BCUT2D eigenvalue weighted by atomic mass is 35.5. The van der Waals surface area contributed by atoms with Gasteiger partial charge in [-0.25, -0.2) is 0 Å². The van der Waals surface area contributed by atoms with E-state index in [1.165, 1.54) is 11.3 Å². The Morgan fingerprint density at radius 1 is 1.52 bits per heavy atom. The number of carbonyl (C=O) groups excluding carboxylic acids is 1. The molecule has 23 heavy (non-hydrogen) atoms. The molecule has 1 aromatic heterocycles. The molecule has 0 bridgehead atoms. The molecule has 0 aliphatic carbocycles. The van der Waals surface area contributed by atoms with E-state index in [1.807, 2.05) is 31.2 Å². The van der Waals surface area contributed by atoms with Crippen LogP contribution in [0.3, 0.4) is 0 Å². The molecule has 1 aliphatic heterocycles. The fourth-order valence-electron chi connectivity index (χ4n) is 2.41. The van der Waals surface area contributed by atoms with Crippen LogP contribution in [0.5, 0.6) is 0 Å². The lowest BCUT2D eigenvalue weighted by Crippen LogP contribution is -2.53. The van der Waals surface area contributed by atoms with Gasteiger partial charge in [-0.1, -0.05) is 35.1 Å². The van der Waals surface area contributed by atoms with Crippen LogP contribution in [0.4, 0.5) is 5.13 Å². The van der Waals surface area contributed by atoms with Gasteiger partial charge >= 0.3 is 0 Å². The van der Waals surface area contributed by atoms with Crippen molar-refractivity contribution < 1.29 is 9.53 Å². The quantitative estimate of drug-likeness (QED) is 0.881. The van der Waals surface area contributed by atoms with E-state index in [0.717, 1.165) is 10.6 Å². The highest BCUT2D eigenvalue weighted by Crippen LogP contribution is 2.20. The third kappa shape index (κ3) is 4.26. The van der Waals surface area contributed by atoms with Crippen molar-refractivity contribution in [1.82, 2.24) is 15.5 Å². The Kier molecular flexibility index (Phi) is 5.22. The summed E-state index contributed by atoms with van der Waals surface area (Å²) in [5.74, 6) is -0.150. The topological polar surface area (TPSA) is 76.1 Å². The monoisotopic (exact) mass is 352 g/mol. The molecule has 2 N–H and O–H groups in total. The summed E-state index contributed by atoms with van der Waals surface area (Å²) < 4.78 is 5.48. The molecule has 0 spiro atoms. The number of benzene rings is 1. The van der Waals surface area contributed by atoms with E-state index in [2.05, 4.69) is 20.8 Å². The van der Waals surface area contributed by atoms with E-state index >= 15 is 0 Å². The number of ether oxygens (including phenoxy) is 1. The second-order valence-electron chi connectivity index (χ2n) is 5.30. The summed E-state index contributed by atoms with van der Waals surface area (Å²) in [5, 5.41) is 16.1. The first-order valence-corrected chi connectivity index (χ1v) is 8.54. The zero-order valence-electron chi connectivity index (χ0n) is 12.6. The minimum Gasteiger partial charge on any atom is -0.375 e. The van der Waals surface area contributed by atoms with E-state index in [9.17, 15) is 4.79 Å². The standard InChI is InChI=1S/C15H17ClN4O2S/c1-9-13(17-5-6-22-9)14(21)18-15-20-19-12(23-15)8-10-3-2-4-11(16)7-10/h2-4,7,9,13,17H,5-6,8H2,1H3,(H,18,20,21)/t9-,13+/m1/s1. The second-order valence-corrected chi connectivity index (χ2v) is 6.80. The van der Waals surface area contributed by atoms with Crippen LogP contribution in [0.15, 0.2) is 24.3 Å². The van der Waals surface area contributed by atoms with Gasteiger partial charge in [-0.3, -0.25) is 10.1 Å². The number of hydrogen-bond donors (Lipinski definition) is 2. The van der Waals surface area contributed by atoms with E-state index in [-0.39, 0.29) is 18.1 Å². The molecule has 122 valence electrons. The number of nitrogens with zero attached hydrogens (tertiary/aromatic N) is 2. The predicted molar refractivity (Wildman–Crippen MR) is 90.0 cm³/mol. The smallest absolute Gasteiger partial charge is 0.246 e. The van der Waals surface area contributed by atoms with Gasteiger partial charge in [-0.15, -0.1) is 10.2 Å². The molecule has 1 amide bonds. The van der Waals surface area contributed by atoms with Crippen LogP contribution in [0, 0.1) is 0 Å². The van der Waals surface area contributed by atoms with Gasteiger partial charge < -0.3 is 10.1 Å². The van der Waals surface area contributed by atoms with Crippen LogP contribution in [0.2, 0.25) is 5.02 Å². The maximum Gasteiger partial charge on any atom is 0.246 e. The molecule has 6 nitrogen and oxygen atoms in total. The summed E-state index contributed by atoms with van der Waals surface area (Å²) >= 11 is 7.34. The van der Waals surface area contributed by atoms with Crippen LogP contribution in [-0.2, 0) is 16.0 Å². The summed E-state index contributed by atoms with van der Waals surface area (Å²) in [7, 11) is 0. The van der Waals surface area contributed by atoms with Crippen molar-refractivity contribution in [2.24, 2.45) is 0 Å². The number of rotatable bonds is 4. The molecule has 1 aromatic carbocycles. The average molecular weight is 353 g/mol. The van der Waals surface area contributed by atoms with Crippen LogP contribution in [0.25, 0.3) is 0 Å². The third-order valence-corrected chi connectivity index (χ3v) is 4.61. The lowest BCUT2D eigenvalue weighted by molar-refractivity contribution is -0.123. The normalized spacial score (nSPS) is 21.1. The highest BCUT2D eigenvalue weighted by molar-refractivity contribution is 7.15. The first-order chi connectivity index (χ1) is 11.1. The molecule has 1 fully saturated rings. The first-order valence-electron chi connectivity index (χ1n) is 7.34. The van der Waals surface area contributed by atoms with Crippen molar-refractivity contribution in [3.63, 3.8) is 0 Å². The molecule has 2 aromatic rings. The van der Waals surface area contributed by atoms with Crippen LogP contribution in [0.1, 0.15) is 17.5 Å². The van der Waals surface area contributed by atoms with E-state index in [4.69, 9.17) is 16.3 Å². The number of amides is 1. The Morgan fingerprint density at radius 3 is 3.17 bits per heavy atom. The minimum absolute atomic E-state index is 0.150. The maximum atomic E-state index is 12.3. The van der Waals surface area contributed by atoms with Crippen molar-refractivity contribution in [3.05, 3.63) is 39.9 Å². The zero-order valence-corrected chi connectivity index (χ0v) is 14.2. The van der Waals surface area contributed by atoms with E-state index < -0.39 is 0 Å². The lowest BCUT2D eigenvalue weighted by atomic mass is 10.1. The summed E-state index contributed by atoms with van der Waals surface area (Å²) in [6.45, 7) is 3.16. The number of morpholine rings is 1. The van der Waals surface area contributed by atoms with Gasteiger partial charge in [0.25, 0.3) is 0 Å². The van der Waals surface area contributed by atoms with Crippen LogP contribution >= 0.6 is 22.9 Å². The molecule has 2 heterocycles. The lowest BCUT2D eigenvalue weighted by Gasteiger charge is -2.28. The van der Waals surface area contributed by atoms with E-state index in [0.29, 0.717) is 29.7 Å². The summed E-state index contributed by atoms with van der Waals surface area (Å²) in [6.07, 6.45) is 0.470. The first kappa shape index (κ1) is 16.3. The molecule has 1 aliphatic rings. The maximum absolute atomic E-state index is 12.3. The van der Waals surface area contributed by atoms with Crippen LogP contribution < -0.4 is 10.6 Å². The van der Waals surface area contributed by atoms with Gasteiger partial charge in [0.2, 0.25) is 11.0 Å². The fraction of sp³-hybridized carbons (Fsp3) is 0.400. The summed E-state index contributed by atoms with van der Waals surface area (Å²) in [6, 6.07) is 7.24. The van der Waals surface area contributed by atoms with Crippen molar-refractivity contribution in [3.8, 4) is 0 Å². The molecule has 0 radical (unpaired) electrons. The molecular formula is C15H17ClN4O2S. The third-order valence-electron chi connectivity index (χ3n) is 3.54. The molecule has 0 saturated carbocycles. The van der Waals surface area contributed by atoms with Gasteiger partial charge in [0.05, 0.1) is 12.7 Å². The fourth-order valence-corrected chi connectivity index (χ4v) is 3.40. The average Bonchev–Trinajstić information content (AvgIpc) is 2.94. The Hall–Kier alpha value is -1.54. The number of carbonyl (C=O) groups is 1. The number of halogens is 1. The van der Waals surface area contributed by atoms with Gasteiger partial charge in [0.1, 0.15) is 11.0 Å². The number of aromatic nitrogens is 2. The largest absolute Gasteiger partial charge is 0.375 e. The number of nitrogens with one attached hydrogen (secondary N) is 2. The van der Waals surface area contributed by atoms with Gasteiger partial charge in [0, 0.05) is 18.0 Å². The molecular weight excluding hydrogens is 336 g/mol. The molecule has 1 saturated heterocycles. The molecule has 3 rings (SSSR count). The van der Waals surface area contributed by atoms with Crippen LogP contribution in [-0.4, -0.2) is 41.4 Å². The SMILES string of the molecule is C[C@H]1OCCN[C@@H]1C(=O)Nc1nnc(Cc2cccc(Cl)c2)s1. The predicted octanol–water partition coefficient (Wildman–Crippen LogP) is 2.10. The van der Waals surface area contributed by atoms with Crippen molar-refractivity contribution in [2.45, 2.75) is 25.5 Å². The Balaban J connectivity index is 1.61. The Morgan fingerprint density at radius 2 is 2.39 bits per heavy atom. The Bertz CT molecular complexity index is 694. The molecule has 0 unspecified atom stereocenters. The molecule has 8 heteroatoms. The van der Waals surface area contributed by atoms with Crippen molar-refractivity contribution >= 4 is 34.0 Å². The second kappa shape index (κ2) is 7.35. The Labute approximate surface area is 143 Å². The van der Waals surface area contributed by atoms with E-state index in [1.54, 1.807) is 0 Å². The summed E-state index contributed by atoms with van der Waals surface area (Å²) in [4.78, 5) is 12.3. The summed E-state index contributed by atoms with van der Waals surface area (Å²) in [5.41, 5.74) is 1.06. The number of anilines is 1. The number of hydrogen-bond acceptors (Lipinski definition) is 6. The van der Waals surface area contributed by atoms with Gasteiger partial charge in [0.15, 0.2) is 0 Å². The zero-order chi connectivity index (χ0) is 16.2. The van der Waals surface area contributed by atoms with Crippen molar-refractivity contribution in [2.75, 3.05) is 18.5 Å². The highest BCUT2D eigenvalue weighted by Gasteiger charge is 2.28. The molecule has 2 atom stereocenters. The van der Waals surface area contributed by atoms with Crippen molar-refractivity contribution in [1.29, 1.82) is 0 Å². The minimum atomic E-state index is -0.371.